The van der Waals surface area contributed by atoms with Crippen LogP contribution in [-0.2, 0) is 13.2 Å². The first kappa shape index (κ1) is 19.4. The summed E-state index contributed by atoms with van der Waals surface area (Å²) in [4.78, 5) is 18.9. The normalized spacial score (nSPS) is 17.6. The zero-order valence-electron chi connectivity index (χ0n) is 16.3. The molecule has 154 valence electrons. The van der Waals surface area contributed by atoms with Crippen LogP contribution in [-0.4, -0.2) is 41.7 Å². The van der Waals surface area contributed by atoms with E-state index in [1.54, 1.807) is 37.9 Å². The number of carbonyl (C=O) groups excluding carboxylic acids is 1. The molecule has 3 aromatic heterocycles. The van der Waals surface area contributed by atoms with E-state index in [4.69, 9.17) is 0 Å². The Morgan fingerprint density at radius 3 is 2.66 bits per heavy atom. The number of fused-ring (bicyclic) bond motifs is 1. The standard InChI is InChI=1S/C19H21F3N6O/c1-11(2)12-9-16(19(20,21)22)28-17(24-12)10-13(25-28)14-5-4-8-27(14)18(29)15-6-7-23-26(15)3/h6-7,9-11,14H,4-5,8H2,1-3H3. The van der Waals surface area contributed by atoms with Gasteiger partial charge in [0.05, 0.1) is 11.7 Å². The van der Waals surface area contributed by atoms with Crippen LogP contribution >= 0.6 is 0 Å². The summed E-state index contributed by atoms with van der Waals surface area (Å²) in [6.07, 6.45) is -1.64. The molecule has 4 heterocycles. The molecule has 0 aromatic carbocycles. The maximum absolute atomic E-state index is 13.6. The number of likely N-dealkylation sites (tertiary alicyclic amines) is 1. The van der Waals surface area contributed by atoms with Crippen LogP contribution in [0.1, 0.15) is 66.2 Å². The summed E-state index contributed by atoms with van der Waals surface area (Å²) in [6.45, 7) is 4.10. The van der Waals surface area contributed by atoms with Crippen molar-refractivity contribution in [1.82, 2.24) is 29.3 Å². The first-order valence-electron chi connectivity index (χ1n) is 9.43. The molecule has 0 aliphatic carbocycles. The Labute approximate surface area is 165 Å². The van der Waals surface area contributed by atoms with E-state index in [1.165, 1.54) is 10.9 Å². The van der Waals surface area contributed by atoms with Crippen LogP contribution in [0.25, 0.3) is 5.65 Å². The van der Waals surface area contributed by atoms with Crippen LogP contribution in [0.15, 0.2) is 24.4 Å². The van der Waals surface area contributed by atoms with Crippen molar-refractivity contribution in [3.05, 3.63) is 47.2 Å². The van der Waals surface area contributed by atoms with Crippen LogP contribution in [0.2, 0.25) is 0 Å². The Hall–Kier alpha value is -2.91. The highest BCUT2D eigenvalue weighted by Gasteiger charge is 2.37. The van der Waals surface area contributed by atoms with Crippen molar-refractivity contribution in [3.8, 4) is 0 Å². The van der Waals surface area contributed by atoms with Crippen LogP contribution in [0.5, 0.6) is 0 Å². The molecule has 10 heteroatoms. The minimum atomic E-state index is -4.56. The summed E-state index contributed by atoms with van der Waals surface area (Å²) >= 11 is 0. The third-order valence-electron chi connectivity index (χ3n) is 5.24. The molecule has 1 atom stereocenters. The number of hydrogen-bond acceptors (Lipinski definition) is 4. The van der Waals surface area contributed by atoms with Crippen molar-refractivity contribution in [3.63, 3.8) is 0 Å². The third kappa shape index (κ3) is 3.36. The number of halogens is 3. The van der Waals surface area contributed by atoms with E-state index in [0.717, 1.165) is 17.0 Å². The number of amides is 1. The molecule has 1 aliphatic rings. The van der Waals surface area contributed by atoms with Gasteiger partial charge in [-0.1, -0.05) is 13.8 Å². The quantitative estimate of drug-likeness (QED) is 0.667. The summed E-state index contributed by atoms with van der Waals surface area (Å²) in [5.74, 6) is -0.370. The topological polar surface area (TPSA) is 68.3 Å². The summed E-state index contributed by atoms with van der Waals surface area (Å²) in [5, 5.41) is 8.24. The van der Waals surface area contributed by atoms with Gasteiger partial charge in [-0.05, 0) is 30.9 Å². The fraction of sp³-hybridized carbons (Fsp3) is 0.474. The second-order valence-corrected chi connectivity index (χ2v) is 7.55. The molecular formula is C19H21F3N6O. The van der Waals surface area contributed by atoms with Gasteiger partial charge in [0.2, 0.25) is 0 Å². The predicted molar refractivity (Wildman–Crippen MR) is 98.3 cm³/mol. The van der Waals surface area contributed by atoms with Crippen LogP contribution in [0.3, 0.4) is 0 Å². The van der Waals surface area contributed by atoms with Crippen molar-refractivity contribution in [2.24, 2.45) is 7.05 Å². The summed E-state index contributed by atoms with van der Waals surface area (Å²) in [5.41, 5.74) is 0.470. The maximum atomic E-state index is 13.6. The lowest BCUT2D eigenvalue weighted by molar-refractivity contribution is -0.142. The van der Waals surface area contributed by atoms with Crippen molar-refractivity contribution >= 4 is 11.6 Å². The Bertz CT molecular complexity index is 1070. The summed E-state index contributed by atoms with van der Waals surface area (Å²) in [7, 11) is 1.68. The molecule has 7 nitrogen and oxygen atoms in total. The molecule has 1 amide bonds. The van der Waals surface area contributed by atoms with E-state index in [1.807, 2.05) is 0 Å². The van der Waals surface area contributed by atoms with Gasteiger partial charge >= 0.3 is 6.18 Å². The largest absolute Gasteiger partial charge is 0.433 e. The number of hydrogen-bond donors (Lipinski definition) is 0. The molecule has 0 N–H and O–H groups in total. The van der Waals surface area contributed by atoms with Crippen LogP contribution in [0, 0.1) is 0 Å². The van der Waals surface area contributed by atoms with Gasteiger partial charge in [0.15, 0.2) is 5.65 Å². The fourth-order valence-corrected chi connectivity index (χ4v) is 3.72. The molecular weight excluding hydrogens is 385 g/mol. The Morgan fingerprint density at radius 2 is 2.03 bits per heavy atom. The van der Waals surface area contributed by atoms with E-state index in [2.05, 4.69) is 15.2 Å². The van der Waals surface area contributed by atoms with E-state index >= 15 is 0 Å². The molecule has 4 rings (SSSR count). The Kier molecular flexibility index (Phi) is 4.59. The molecule has 3 aromatic rings. The molecule has 0 bridgehead atoms. The van der Waals surface area contributed by atoms with Crippen molar-refractivity contribution in [1.29, 1.82) is 0 Å². The van der Waals surface area contributed by atoms with Crippen molar-refractivity contribution in [2.75, 3.05) is 6.54 Å². The molecule has 0 radical (unpaired) electrons. The lowest BCUT2D eigenvalue weighted by Crippen LogP contribution is -2.32. The molecule has 0 saturated carbocycles. The number of aryl methyl sites for hydroxylation is 1. The molecule has 0 spiro atoms. The number of alkyl halides is 3. The van der Waals surface area contributed by atoms with Gasteiger partial charge in [-0.15, -0.1) is 0 Å². The molecule has 1 saturated heterocycles. The second kappa shape index (κ2) is 6.85. The summed E-state index contributed by atoms with van der Waals surface area (Å²) in [6, 6.07) is 3.82. The van der Waals surface area contributed by atoms with Gasteiger partial charge in [-0.2, -0.15) is 23.4 Å². The van der Waals surface area contributed by atoms with Crippen LogP contribution in [0.4, 0.5) is 13.2 Å². The molecule has 29 heavy (non-hydrogen) atoms. The van der Waals surface area contributed by atoms with Gasteiger partial charge in [-0.25, -0.2) is 9.50 Å². The average Bonchev–Trinajstić information content (AvgIpc) is 3.37. The summed E-state index contributed by atoms with van der Waals surface area (Å²) < 4.78 is 43.2. The highest BCUT2D eigenvalue weighted by atomic mass is 19.4. The maximum Gasteiger partial charge on any atom is 0.433 e. The van der Waals surface area contributed by atoms with Crippen molar-refractivity contribution < 1.29 is 18.0 Å². The second-order valence-electron chi connectivity index (χ2n) is 7.55. The van der Waals surface area contributed by atoms with E-state index in [-0.39, 0.29) is 17.5 Å². The van der Waals surface area contributed by atoms with Gasteiger partial charge in [-0.3, -0.25) is 9.48 Å². The molecule has 1 fully saturated rings. The minimum absolute atomic E-state index is 0.137. The zero-order valence-corrected chi connectivity index (χ0v) is 16.3. The molecule has 1 unspecified atom stereocenters. The average molecular weight is 406 g/mol. The van der Waals surface area contributed by atoms with Crippen LogP contribution < -0.4 is 0 Å². The highest BCUT2D eigenvalue weighted by Crippen LogP contribution is 2.35. The molecule has 1 aliphatic heterocycles. The van der Waals surface area contributed by atoms with E-state index < -0.39 is 17.9 Å². The number of rotatable bonds is 3. The van der Waals surface area contributed by atoms with E-state index in [0.29, 0.717) is 30.0 Å². The first-order valence-corrected chi connectivity index (χ1v) is 9.43. The van der Waals surface area contributed by atoms with Gasteiger partial charge in [0.25, 0.3) is 5.91 Å². The van der Waals surface area contributed by atoms with Crippen molar-refractivity contribution in [2.45, 2.75) is 44.8 Å². The van der Waals surface area contributed by atoms with E-state index in [9.17, 15) is 18.0 Å². The Morgan fingerprint density at radius 1 is 1.28 bits per heavy atom. The lowest BCUT2D eigenvalue weighted by Gasteiger charge is -2.23. The number of aromatic nitrogens is 5. The number of carbonyl (C=O) groups is 1. The Balaban J connectivity index is 1.77. The third-order valence-corrected chi connectivity index (χ3v) is 5.24. The SMILES string of the molecule is CC(C)c1cc(C(F)(F)F)n2nc(C3CCCN3C(=O)c3ccnn3C)cc2n1. The first-order chi connectivity index (χ1) is 13.7. The monoisotopic (exact) mass is 406 g/mol. The highest BCUT2D eigenvalue weighted by molar-refractivity contribution is 5.93. The lowest BCUT2D eigenvalue weighted by atomic mass is 10.1. The van der Waals surface area contributed by atoms with Gasteiger partial charge < -0.3 is 4.90 Å². The smallest absolute Gasteiger partial charge is 0.329 e. The zero-order chi connectivity index (χ0) is 20.9. The minimum Gasteiger partial charge on any atom is -0.329 e. The fourth-order valence-electron chi connectivity index (χ4n) is 3.72. The van der Waals surface area contributed by atoms with Gasteiger partial charge in [0.1, 0.15) is 11.4 Å². The number of nitrogens with zero attached hydrogens (tertiary/aromatic N) is 6. The van der Waals surface area contributed by atoms with Gasteiger partial charge in [0, 0.05) is 31.5 Å². The predicted octanol–water partition coefficient (Wildman–Crippen LogP) is 3.58.